The van der Waals surface area contributed by atoms with Crippen LogP contribution in [0.25, 0.3) is 0 Å². The highest BCUT2D eigenvalue weighted by Gasteiger charge is 2.34. The lowest BCUT2D eigenvalue weighted by molar-refractivity contribution is 0.217. The van der Waals surface area contributed by atoms with E-state index in [1.54, 1.807) is 19.0 Å². The molecular weight excluding hydrogens is 240 g/mol. The van der Waals surface area contributed by atoms with Gasteiger partial charge in [-0.25, -0.2) is 4.79 Å². The molecule has 0 aromatic carbocycles. The summed E-state index contributed by atoms with van der Waals surface area (Å²) in [6.07, 6.45) is 6.63. The molecule has 2 aliphatic rings. The lowest BCUT2D eigenvalue weighted by Crippen LogP contribution is -2.45. The minimum Gasteiger partial charge on any atom is -0.337 e. The maximum Gasteiger partial charge on any atom is 0.316 e. The van der Waals surface area contributed by atoms with Gasteiger partial charge in [-0.05, 0) is 38.1 Å². The second-order valence-corrected chi connectivity index (χ2v) is 5.98. The molecule has 5 heteroatoms. The predicted octanol–water partition coefficient (Wildman–Crippen LogP) is 0.768. The lowest BCUT2D eigenvalue weighted by Gasteiger charge is -2.26. The Morgan fingerprint density at radius 3 is 2.74 bits per heavy atom. The van der Waals surface area contributed by atoms with Crippen LogP contribution < -0.4 is 16.0 Å². The molecule has 0 radical (unpaired) electrons. The molecule has 1 aliphatic heterocycles. The van der Waals surface area contributed by atoms with Crippen LogP contribution in [0.5, 0.6) is 0 Å². The van der Waals surface area contributed by atoms with Crippen LogP contribution >= 0.6 is 0 Å². The van der Waals surface area contributed by atoms with E-state index >= 15 is 0 Å². The molecule has 0 bridgehead atoms. The third-order valence-electron chi connectivity index (χ3n) is 4.40. The van der Waals surface area contributed by atoms with Crippen molar-refractivity contribution < 1.29 is 4.79 Å². The topological polar surface area (TPSA) is 56.4 Å². The summed E-state index contributed by atoms with van der Waals surface area (Å²) in [4.78, 5) is 13.0. The Bertz CT molecular complexity index is 289. The van der Waals surface area contributed by atoms with E-state index in [4.69, 9.17) is 0 Å². The molecule has 2 fully saturated rings. The summed E-state index contributed by atoms with van der Waals surface area (Å²) >= 11 is 0. The van der Waals surface area contributed by atoms with E-state index in [0.717, 1.165) is 18.5 Å². The number of hydrogen-bond acceptors (Lipinski definition) is 3. The maximum atomic E-state index is 11.4. The summed E-state index contributed by atoms with van der Waals surface area (Å²) in [7, 11) is 3.53. The number of urea groups is 1. The molecule has 2 amide bonds. The van der Waals surface area contributed by atoms with E-state index in [-0.39, 0.29) is 6.03 Å². The maximum absolute atomic E-state index is 11.4. The number of amides is 2. The lowest BCUT2D eigenvalue weighted by atomic mass is 9.93. The smallest absolute Gasteiger partial charge is 0.316 e. The fourth-order valence-electron chi connectivity index (χ4n) is 3.39. The standard InChI is InChI=1S/C14H28N4O/c1-18(2)14(19)17-10-9-16-12-6-3-5-11(12)13-7-4-8-15-13/h11-13,15-16H,3-10H2,1-2H3,(H,17,19). The van der Waals surface area contributed by atoms with Gasteiger partial charge in [0, 0.05) is 39.3 Å². The van der Waals surface area contributed by atoms with Crippen LogP contribution in [0.4, 0.5) is 4.79 Å². The average Bonchev–Trinajstić information content (AvgIpc) is 3.04. The second kappa shape index (κ2) is 7.10. The highest BCUT2D eigenvalue weighted by molar-refractivity contribution is 5.73. The molecule has 5 nitrogen and oxygen atoms in total. The molecule has 1 saturated carbocycles. The van der Waals surface area contributed by atoms with Crippen LogP contribution in [0.3, 0.4) is 0 Å². The van der Waals surface area contributed by atoms with Crippen molar-refractivity contribution >= 4 is 6.03 Å². The first-order valence-electron chi connectivity index (χ1n) is 7.60. The van der Waals surface area contributed by atoms with Crippen LogP contribution in [-0.4, -0.2) is 56.7 Å². The van der Waals surface area contributed by atoms with Crippen molar-refractivity contribution in [3.8, 4) is 0 Å². The molecule has 2 rings (SSSR count). The van der Waals surface area contributed by atoms with Crippen molar-refractivity contribution in [3.05, 3.63) is 0 Å². The normalized spacial score (nSPS) is 30.5. The summed E-state index contributed by atoms with van der Waals surface area (Å²) < 4.78 is 0. The Balaban J connectivity index is 1.65. The Hall–Kier alpha value is -0.810. The molecule has 19 heavy (non-hydrogen) atoms. The summed E-state index contributed by atoms with van der Waals surface area (Å²) in [5, 5.41) is 10.2. The number of nitrogens with one attached hydrogen (secondary N) is 3. The van der Waals surface area contributed by atoms with Crippen molar-refractivity contribution in [2.45, 2.75) is 44.2 Å². The fourth-order valence-corrected chi connectivity index (χ4v) is 3.39. The van der Waals surface area contributed by atoms with Crippen molar-refractivity contribution in [1.82, 2.24) is 20.9 Å². The van der Waals surface area contributed by atoms with Gasteiger partial charge < -0.3 is 20.9 Å². The van der Waals surface area contributed by atoms with Gasteiger partial charge in [-0.15, -0.1) is 0 Å². The minimum atomic E-state index is -0.0118. The van der Waals surface area contributed by atoms with Crippen LogP contribution in [-0.2, 0) is 0 Å². The van der Waals surface area contributed by atoms with E-state index in [2.05, 4.69) is 16.0 Å². The van der Waals surface area contributed by atoms with Gasteiger partial charge >= 0.3 is 6.03 Å². The van der Waals surface area contributed by atoms with Crippen LogP contribution in [0.15, 0.2) is 0 Å². The van der Waals surface area contributed by atoms with E-state index in [9.17, 15) is 4.79 Å². The van der Waals surface area contributed by atoms with E-state index in [0.29, 0.717) is 12.6 Å². The Morgan fingerprint density at radius 2 is 2.05 bits per heavy atom. The first-order valence-corrected chi connectivity index (χ1v) is 7.60. The molecule has 3 N–H and O–H groups in total. The number of carbonyl (C=O) groups is 1. The third-order valence-corrected chi connectivity index (χ3v) is 4.40. The quantitative estimate of drug-likeness (QED) is 0.646. The highest BCUT2D eigenvalue weighted by atomic mass is 16.2. The summed E-state index contributed by atoms with van der Waals surface area (Å²) in [6.45, 7) is 2.76. The molecule has 3 atom stereocenters. The van der Waals surface area contributed by atoms with Crippen molar-refractivity contribution in [1.29, 1.82) is 0 Å². The molecule has 110 valence electrons. The number of nitrogens with zero attached hydrogens (tertiary/aromatic N) is 1. The van der Waals surface area contributed by atoms with Gasteiger partial charge in [0.25, 0.3) is 0 Å². The van der Waals surface area contributed by atoms with Crippen LogP contribution in [0.1, 0.15) is 32.1 Å². The Kier molecular flexibility index (Phi) is 5.45. The summed E-state index contributed by atoms with van der Waals surface area (Å²) in [6, 6.07) is 1.34. The van der Waals surface area contributed by atoms with Gasteiger partial charge in [0.15, 0.2) is 0 Å². The van der Waals surface area contributed by atoms with Crippen molar-refractivity contribution in [2.75, 3.05) is 33.7 Å². The zero-order valence-electron chi connectivity index (χ0n) is 12.2. The van der Waals surface area contributed by atoms with Gasteiger partial charge in [-0.2, -0.15) is 0 Å². The van der Waals surface area contributed by atoms with Crippen LogP contribution in [0.2, 0.25) is 0 Å². The average molecular weight is 268 g/mol. The Labute approximate surface area is 116 Å². The second-order valence-electron chi connectivity index (χ2n) is 5.98. The fraction of sp³-hybridized carbons (Fsp3) is 0.929. The number of rotatable bonds is 5. The summed E-state index contributed by atoms with van der Waals surface area (Å²) in [5.41, 5.74) is 0. The minimum absolute atomic E-state index is 0.0118. The van der Waals surface area contributed by atoms with Gasteiger partial charge in [0.05, 0.1) is 0 Å². The Morgan fingerprint density at radius 1 is 1.21 bits per heavy atom. The largest absolute Gasteiger partial charge is 0.337 e. The van der Waals surface area contributed by atoms with E-state index in [1.807, 2.05) is 0 Å². The van der Waals surface area contributed by atoms with Gasteiger partial charge in [-0.3, -0.25) is 0 Å². The van der Waals surface area contributed by atoms with Gasteiger partial charge in [-0.1, -0.05) is 6.42 Å². The molecule has 3 unspecified atom stereocenters. The monoisotopic (exact) mass is 268 g/mol. The zero-order valence-corrected chi connectivity index (χ0v) is 12.2. The molecule has 0 aromatic rings. The van der Waals surface area contributed by atoms with E-state index < -0.39 is 0 Å². The van der Waals surface area contributed by atoms with E-state index in [1.165, 1.54) is 38.6 Å². The highest BCUT2D eigenvalue weighted by Crippen LogP contribution is 2.31. The third kappa shape index (κ3) is 4.08. The molecule has 0 spiro atoms. The molecular formula is C14H28N4O. The summed E-state index contributed by atoms with van der Waals surface area (Å²) in [5.74, 6) is 0.784. The van der Waals surface area contributed by atoms with Gasteiger partial charge in [0.2, 0.25) is 0 Å². The first-order chi connectivity index (χ1) is 9.18. The number of carbonyl (C=O) groups excluding carboxylic acids is 1. The van der Waals surface area contributed by atoms with Crippen LogP contribution in [0, 0.1) is 5.92 Å². The SMILES string of the molecule is CN(C)C(=O)NCCNC1CCCC1C1CCCN1. The molecule has 0 aromatic heterocycles. The van der Waals surface area contributed by atoms with Gasteiger partial charge in [0.1, 0.15) is 0 Å². The predicted molar refractivity (Wildman–Crippen MR) is 77.2 cm³/mol. The van der Waals surface area contributed by atoms with Crippen molar-refractivity contribution in [2.24, 2.45) is 5.92 Å². The first kappa shape index (κ1) is 14.6. The molecule has 1 heterocycles. The zero-order chi connectivity index (χ0) is 13.7. The molecule has 1 aliphatic carbocycles. The number of hydrogen-bond donors (Lipinski definition) is 3. The molecule has 1 saturated heterocycles. The van der Waals surface area contributed by atoms with Crippen molar-refractivity contribution in [3.63, 3.8) is 0 Å².